The van der Waals surface area contributed by atoms with E-state index in [1.54, 1.807) is 36.1 Å². The van der Waals surface area contributed by atoms with Gasteiger partial charge in [0.05, 0.1) is 0 Å². The van der Waals surface area contributed by atoms with Gasteiger partial charge < -0.3 is 9.64 Å². The first-order valence-electron chi connectivity index (χ1n) is 8.84. The van der Waals surface area contributed by atoms with Crippen LogP contribution in [0.3, 0.4) is 0 Å². The molecule has 1 unspecified atom stereocenters. The van der Waals surface area contributed by atoms with Crippen molar-refractivity contribution in [3.8, 4) is 5.75 Å². The molecule has 0 aromatic heterocycles. The third-order valence-corrected chi connectivity index (χ3v) is 4.93. The number of hydrogen-bond acceptors (Lipinski definition) is 5. The van der Waals surface area contributed by atoms with Crippen LogP contribution in [0, 0.1) is 5.92 Å². The molecule has 3 rings (SSSR count). The zero-order valence-electron chi connectivity index (χ0n) is 14.7. The molecule has 2 heterocycles. The van der Waals surface area contributed by atoms with E-state index in [0.29, 0.717) is 43.7 Å². The third-order valence-electron chi connectivity index (χ3n) is 4.93. The van der Waals surface area contributed by atoms with Crippen molar-refractivity contribution in [2.24, 2.45) is 5.92 Å². The number of benzene rings is 1. The van der Waals surface area contributed by atoms with Crippen LogP contribution in [0.1, 0.15) is 43.0 Å². The summed E-state index contributed by atoms with van der Waals surface area (Å²) in [5, 5.41) is 2.25. The number of amides is 3. The van der Waals surface area contributed by atoms with E-state index in [0.717, 1.165) is 0 Å². The first-order valence-corrected chi connectivity index (χ1v) is 8.84. The molecule has 1 atom stereocenters. The maximum Gasteiger partial charge on any atom is 0.267 e. The molecule has 7 heteroatoms. The molecule has 26 heavy (non-hydrogen) atoms. The van der Waals surface area contributed by atoms with Crippen molar-refractivity contribution in [2.45, 2.75) is 38.7 Å². The highest BCUT2D eigenvalue weighted by Gasteiger charge is 2.29. The molecule has 7 nitrogen and oxygen atoms in total. The van der Waals surface area contributed by atoms with Crippen LogP contribution < -0.4 is 10.1 Å². The van der Waals surface area contributed by atoms with Crippen LogP contribution in [-0.4, -0.2) is 47.6 Å². The van der Waals surface area contributed by atoms with Crippen LogP contribution in [0.5, 0.6) is 5.75 Å². The number of nitrogens with one attached hydrogen (secondary N) is 1. The van der Waals surface area contributed by atoms with E-state index in [9.17, 15) is 19.2 Å². The number of rotatable bonds is 4. The van der Waals surface area contributed by atoms with Gasteiger partial charge in [-0.2, -0.15) is 0 Å². The third kappa shape index (κ3) is 4.09. The topological polar surface area (TPSA) is 92.8 Å². The Morgan fingerprint density at radius 3 is 2.31 bits per heavy atom. The van der Waals surface area contributed by atoms with Crippen molar-refractivity contribution in [1.82, 2.24) is 10.2 Å². The molecule has 0 radical (unpaired) electrons. The number of ether oxygens (including phenoxy) is 1. The molecule has 2 aliphatic heterocycles. The van der Waals surface area contributed by atoms with Crippen LogP contribution in [0.2, 0.25) is 0 Å². The van der Waals surface area contributed by atoms with Crippen LogP contribution in [0.15, 0.2) is 24.3 Å². The zero-order chi connectivity index (χ0) is 18.7. The maximum absolute atomic E-state index is 12.6. The average Bonchev–Trinajstić information content (AvgIpc) is 2.64. The second-order valence-corrected chi connectivity index (χ2v) is 6.76. The summed E-state index contributed by atoms with van der Waals surface area (Å²) in [5.41, 5.74) is 0.543. The van der Waals surface area contributed by atoms with E-state index in [1.807, 2.05) is 0 Å². The number of likely N-dealkylation sites (tertiary alicyclic amines) is 1. The van der Waals surface area contributed by atoms with Gasteiger partial charge in [-0.15, -0.1) is 0 Å². The standard InChI is InChI=1S/C19H22N2O5/c1-12(22)13-8-10-21(11-9-13)19(25)14-2-4-15(5-3-14)26-16-6-7-17(23)20-18(16)24/h2-5,13,16H,6-11H2,1H3,(H,20,23,24). The van der Waals surface area contributed by atoms with Crippen molar-refractivity contribution in [3.63, 3.8) is 0 Å². The molecular formula is C19H22N2O5. The summed E-state index contributed by atoms with van der Waals surface area (Å²) in [6.07, 6.45) is 1.31. The smallest absolute Gasteiger partial charge is 0.267 e. The fourth-order valence-electron chi connectivity index (χ4n) is 3.30. The quantitative estimate of drug-likeness (QED) is 0.819. The number of ketones is 1. The fraction of sp³-hybridized carbons (Fsp3) is 0.474. The van der Waals surface area contributed by atoms with Gasteiger partial charge in [-0.3, -0.25) is 24.5 Å². The number of Topliss-reactive ketones (excluding diaryl/α,β-unsaturated/α-hetero) is 1. The molecule has 3 amide bonds. The van der Waals surface area contributed by atoms with Crippen molar-refractivity contribution in [3.05, 3.63) is 29.8 Å². The van der Waals surface area contributed by atoms with Crippen molar-refractivity contribution in [2.75, 3.05) is 13.1 Å². The van der Waals surface area contributed by atoms with Gasteiger partial charge in [0.2, 0.25) is 5.91 Å². The van der Waals surface area contributed by atoms with Gasteiger partial charge in [0.25, 0.3) is 11.8 Å². The Balaban J connectivity index is 1.57. The maximum atomic E-state index is 12.6. The van der Waals surface area contributed by atoms with Gasteiger partial charge in [-0.05, 0) is 44.0 Å². The minimum atomic E-state index is -0.695. The predicted octanol–water partition coefficient (Wildman–Crippen LogP) is 1.31. The minimum absolute atomic E-state index is 0.0587. The van der Waals surface area contributed by atoms with Crippen molar-refractivity contribution < 1.29 is 23.9 Å². The molecule has 2 aliphatic rings. The highest BCUT2D eigenvalue weighted by molar-refractivity contribution is 6.00. The normalized spacial score (nSPS) is 21.3. The largest absolute Gasteiger partial charge is 0.481 e. The Bertz CT molecular complexity index is 720. The summed E-state index contributed by atoms with van der Waals surface area (Å²) in [6.45, 7) is 2.76. The van der Waals surface area contributed by atoms with E-state index < -0.39 is 12.0 Å². The molecule has 0 saturated carbocycles. The van der Waals surface area contributed by atoms with Crippen molar-refractivity contribution >= 4 is 23.5 Å². The van der Waals surface area contributed by atoms with E-state index in [1.165, 1.54) is 0 Å². The zero-order valence-corrected chi connectivity index (χ0v) is 14.7. The van der Waals surface area contributed by atoms with Gasteiger partial charge in [0.1, 0.15) is 11.5 Å². The molecule has 0 bridgehead atoms. The highest BCUT2D eigenvalue weighted by atomic mass is 16.5. The Kier molecular flexibility index (Phi) is 5.35. The lowest BCUT2D eigenvalue weighted by Gasteiger charge is -2.31. The molecule has 0 aliphatic carbocycles. The molecule has 2 saturated heterocycles. The SMILES string of the molecule is CC(=O)C1CCN(C(=O)c2ccc(OC3CCC(=O)NC3=O)cc2)CC1. The molecule has 2 fully saturated rings. The second kappa shape index (κ2) is 7.68. The lowest BCUT2D eigenvalue weighted by atomic mass is 9.93. The number of nitrogens with zero attached hydrogens (tertiary/aromatic N) is 1. The summed E-state index contributed by atoms with van der Waals surface area (Å²) < 4.78 is 5.61. The number of piperidine rings is 2. The summed E-state index contributed by atoms with van der Waals surface area (Å²) in [7, 11) is 0. The summed E-state index contributed by atoms with van der Waals surface area (Å²) in [5.74, 6) is -0.0691. The Morgan fingerprint density at radius 2 is 1.73 bits per heavy atom. The van der Waals surface area contributed by atoms with E-state index in [-0.39, 0.29) is 29.9 Å². The van der Waals surface area contributed by atoms with Gasteiger partial charge in [0.15, 0.2) is 6.10 Å². The number of hydrogen-bond donors (Lipinski definition) is 1. The minimum Gasteiger partial charge on any atom is -0.481 e. The van der Waals surface area contributed by atoms with Gasteiger partial charge >= 0.3 is 0 Å². The first kappa shape index (κ1) is 18.1. The van der Waals surface area contributed by atoms with Crippen LogP contribution in [-0.2, 0) is 14.4 Å². The summed E-state index contributed by atoms with van der Waals surface area (Å²) in [4.78, 5) is 48.6. The molecule has 1 aromatic rings. The molecule has 0 spiro atoms. The average molecular weight is 358 g/mol. The molecule has 1 aromatic carbocycles. The van der Waals surface area contributed by atoms with Gasteiger partial charge in [0, 0.05) is 37.4 Å². The van der Waals surface area contributed by atoms with Crippen molar-refractivity contribution in [1.29, 1.82) is 0 Å². The molecular weight excluding hydrogens is 336 g/mol. The Hall–Kier alpha value is -2.70. The monoisotopic (exact) mass is 358 g/mol. The van der Waals surface area contributed by atoms with Gasteiger partial charge in [-0.25, -0.2) is 0 Å². The molecule has 138 valence electrons. The van der Waals surface area contributed by atoms with E-state index >= 15 is 0 Å². The Labute approximate surface area is 151 Å². The summed E-state index contributed by atoms with van der Waals surface area (Å²) in [6, 6.07) is 6.64. The van der Waals surface area contributed by atoms with E-state index in [4.69, 9.17) is 4.74 Å². The first-order chi connectivity index (χ1) is 12.4. The lowest BCUT2D eigenvalue weighted by Crippen LogP contribution is -2.46. The van der Waals surface area contributed by atoms with Crippen LogP contribution >= 0.6 is 0 Å². The van der Waals surface area contributed by atoms with Crippen LogP contribution in [0.4, 0.5) is 0 Å². The fourth-order valence-corrected chi connectivity index (χ4v) is 3.30. The van der Waals surface area contributed by atoms with Gasteiger partial charge in [-0.1, -0.05) is 0 Å². The molecule has 1 N–H and O–H groups in total. The predicted molar refractivity (Wildman–Crippen MR) is 92.6 cm³/mol. The highest BCUT2D eigenvalue weighted by Crippen LogP contribution is 2.22. The second-order valence-electron chi connectivity index (χ2n) is 6.76. The number of imide groups is 1. The Morgan fingerprint density at radius 1 is 1.08 bits per heavy atom. The number of carbonyl (C=O) groups excluding carboxylic acids is 4. The number of carbonyl (C=O) groups is 4. The van der Waals surface area contributed by atoms with Crippen LogP contribution in [0.25, 0.3) is 0 Å². The van der Waals surface area contributed by atoms with E-state index in [2.05, 4.69) is 5.32 Å². The summed E-state index contributed by atoms with van der Waals surface area (Å²) >= 11 is 0. The lowest BCUT2D eigenvalue weighted by molar-refractivity contribution is -0.138.